The van der Waals surface area contributed by atoms with Crippen molar-refractivity contribution >= 4 is 5.82 Å². The summed E-state index contributed by atoms with van der Waals surface area (Å²) in [7, 11) is 0. The van der Waals surface area contributed by atoms with Gasteiger partial charge >= 0.3 is 0 Å². The molecule has 0 saturated heterocycles. The molecular formula is C22H22F2N4O2. The second kappa shape index (κ2) is 9.78. The monoisotopic (exact) mass is 412 g/mol. The molecule has 2 aromatic heterocycles. The van der Waals surface area contributed by atoms with E-state index in [4.69, 9.17) is 9.47 Å². The summed E-state index contributed by atoms with van der Waals surface area (Å²) in [6, 6.07) is 3.79. The van der Waals surface area contributed by atoms with Crippen LogP contribution in [0.4, 0.5) is 14.6 Å². The lowest BCUT2D eigenvalue weighted by Crippen LogP contribution is -2.15. The highest BCUT2D eigenvalue weighted by Crippen LogP contribution is 2.36. The zero-order chi connectivity index (χ0) is 21.5. The fourth-order valence-electron chi connectivity index (χ4n) is 2.81. The quantitative estimate of drug-likeness (QED) is 0.627. The molecule has 3 aromatic rings. The lowest BCUT2D eigenvalue weighted by molar-refractivity contribution is 0.171. The van der Waals surface area contributed by atoms with Crippen molar-refractivity contribution in [3.05, 3.63) is 72.3 Å². The first-order valence-corrected chi connectivity index (χ1v) is 9.35. The Morgan fingerprint density at radius 1 is 1.03 bits per heavy atom. The molecule has 0 spiro atoms. The van der Waals surface area contributed by atoms with Crippen LogP contribution in [0.5, 0.6) is 11.5 Å². The number of hydrogen-bond acceptors (Lipinski definition) is 6. The molecule has 1 aromatic carbocycles. The first-order valence-electron chi connectivity index (χ1n) is 9.35. The van der Waals surface area contributed by atoms with Crippen molar-refractivity contribution < 1.29 is 18.3 Å². The molecule has 0 fully saturated rings. The highest BCUT2D eigenvalue weighted by molar-refractivity contribution is 5.68. The molecule has 0 unspecified atom stereocenters. The van der Waals surface area contributed by atoms with Crippen LogP contribution in [0.15, 0.2) is 49.6 Å². The van der Waals surface area contributed by atoms with E-state index in [1.165, 1.54) is 6.20 Å². The Bertz CT molecular complexity index is 1010. The SMILES string of the molecule is C=CC.Cc1cc2c(cc1-c1cnc(NCc3c(F)cncc3F)cn1)OCCO2. The van der Waals surface area contributed by atoms with Crippen molar-refractivity contribution in [2.45, 2.75) is 20.4 Å². The second-order valence-corrected chi connectivity index (χ2v) is 6.44. The maximum absolute atomic E-state index is 13.6. The van der Waals surface area contributed by atoms with Crippen LogP contribution in [0.2, 0.25) is 0 Å². The van der Waals surface area contributed by atoms with E-state index in [1.54, 1.807) is 12.3 Å². The van der Waals surface area contributed by atoms with E-state index in [1.807, 2.05) is 26.0 Å². The van der Waals surface area contributed by atoms with E-state index < -0.39 is 11.6 Å². The van der Waals surface area contributed by atoms with Crippen molar-refractivity contribution in [2.24, 2.45) is 0 Å². The lowest BCUT2D eigenvalue weighted by Gasteiger charge is -2.20. The number of nitrogens with zero attached hydrogens (tertiary/aromatic N) is 3. The number of aryl methyl sites for hydroxylation is 1. The van der Waals surface area contributed by atoms with Crippen molar-refractivity contribution in [1.29, 1.82) is 0 Å². The molecule has 0 radical (unpaired) electrons. The van der Waals surface area contributed by atoms with E-state index >= 15 is 0 Å². The summed E-state index contributed by atoms with van der Waals surface area (Å²) in [6.45, 7) is 8.18. The zero-order valence-corrected chi connectivity index (χ0v) is 16.8. The number of aromatic nitrogens is 3. The summed E-state index contributed by atoms with van der Waals surface area (Å²) in [5.74, 6) is 0.382. The summed E-state index contributed by atoms with van der Waals surface area (Å²) in [5.41, 5.74) is 2.43. The number of nitrogens with one attached hydrogen (secondary N) is 1. The molecule has 0 saturated carbocycles. The van der Waals surface area contributed by atoms with Gasteiger partial charge in [0.1, 0.15) is 30.7 Å². The molecule has 0 amide bonds. The summed E-state index contributed by atoms with van der Waals surface area (Å²) in [6.07, 6.45) is 6.81. The Kier molecular flexibility index (Phi) is 6.90. The van der Waals surface area contributed by atoms with Gasteiger partial charge < -0.3 is 14.8 Å². The Morgan fingerprint density at radius 3 is 2.27 bits per heavy atom. The predicted octanol–water partition coefficient (Wildman–Crippen LogP) is 4.70. The topological polar surface area (TPSA) is 69.2 Å². The fourth-order valence-corrected chi connectivity index (χ4v) is 2.81. The summed E-state index contributed by atoms with van der Waals surface area (Å²) < 4.78 is 38.4. The summed E-state index contributed by atoms with van der Waals surface area (Å²) in [4.78, 5) is 12.1. The number of fused-ring (bicyclic) bond motifs is 1. The van der Waals surface area contributed by atoms with Gasteiger partial charge in [-0.3, -0.25) is 9.97 Å². The molecular weight excluding hydrogens is 390 g/mol. The van der Waals surface area contributed by atoms with Crippen molar-refractivity contribution in [1.82, 2.24) is 15.0 Å². The number of anilines is 1. The van der Waals surface area contributed by atoms with Gasteiger partial charge in [-0.05, 0) is 31.5 Å². The molecule has 4 rings (SSSR count). The van der Waals surface area contributed by atoms with Gasteiger partial charge in [-0.1, -0.05) is 6.08 Å². The van der Waals surface area contributed by atoms with E-state index in [2.05, 4.69) is 26.8 Å². The minimum atomic E-state index is -0.709. The third-order valence-corrected chi connectivity index (χ3v) is 4.22. The van der Waals surface area contributed by atoms with Gasteiger partial charge in [0.05, 0.1) is 30.5 Å². The molecule has 30 heavy (non-hydrogen) atoms. The number of halogens is 2. The standard InChI is InChI=1S/C19H16F2N4O2.C3H6/c1-11-4-17-18(27-3-2-26-17)5-12(11)16-9-25-19(10-23-16)24-6-13-14(20)7-22-8-15(13)21;1-3-2/h4-5,7-10H,2-3,6H2,1H3,(H,24,25);3H,1H2,2H3. The number of pyridine rings is 1. The van der Waals surface area contributed by atoms with Crippen LogP contribution in [0.3, 0.4) is 0 Å². The van der Waals surface area contributed by atoms with Crippen LogP contribution < -0.4 is 14.8 Å². The minimum Gasteiger partial charge on any atom is -0.486 e. The molecule has 1 aliphatic heterocycles. The van der Waals surface area contributed by atoms with Gasteiger partial charge in [0.2, 0.25) is 0 Å². The molecule has 1 N–H and O–H groups in total. The average molecular weight is 412 g/mol. The maximum atomic E-state index is 13.6. The number of ether oxygens (including phenoxy) is 2. The molecule has 0 bridgehead atoms. The maximum Gasteiger partial charge on any atom is 0.162 e. The number of hydrogen-bond donors (Lipinski definition) is 1. The Balaban J connectivity index is 0.000000806. The van der Waals surface area contributed by atoms with E-state index in [0.717, 1.165) is 29.3 Å². The lowest BCUT2D eigenvalue weighted by atomic mass is 10.0. The molecule has 6 nitrogen and oxygen atoms in total. The predicted molar refractivity (Wildman–Crippen MR) is 111 cm³/mol. The smallest absolute Gasteiger partial charge is 0.162 e. The van der Waals surface area contributed by atoms with Crippen LogP contribution >= 0.6 is 0 Å². The first kappa shape index (κ1) is 21.2. The zero-order valence-electron chi connectivity index (χ0n) is 16.8. The van der Waals surface area contributed by atoms with E-state index in [0.29, 0.717) is 30.5 Å². The van der Waals surface area contributed by atoms with Crippen molar-refractivity contribution in [3.8, 4) is 22.8 Å². The Hall–Kier alpha value is -3.55. The van der Waals surface area contributed by atoms with E-state index in [9.17, 15) is 8.78 Å². The Morgan fingerprint density at radius 2 is 1.67 bits per heavy atom. The molecule has 8 heteroatoms. The fraction of sp³-hybridized carbons (Fsp3) is 0.227. The highest BCUT2D eigenvalue weighted by Gasteiger charge is 2.16. The van der Waals surface area contributed by atoms with Crippen LogP contribution in [0.1, 0.15) is 18.1 Å². The summed E-state index contributed by atoms with van der Waals surface area (Å²) in [5, 5.41) is 2.86. The van der Waals surface area contributed by atoms with Crippen molar-refractivity contribution in [2.75, 3.05) is 18.5 Å². The van der Waals surface area contributed by atoms with E-state index in [-0.39, 0.29) is 12.1 Å². The second-order valence-electron chi connectivity index (χ2n) is 6.44. The van der Waals surface area contributed by atoms with Gasteiger partial charge in [0, 0.05) is 17.7 Å². The molecule has 0 atom stereocenters. The van der Waals surface area contributed by atoms with Crippen LogP contribution in [0.25, 0.3) is 11.3 Å². The third-order valence-electron chi connectivity index (χ3n) is 4.22. The van der Waals surface area contributed by atoms with Gasteiger partial charge in [0.25, 0.3) is 0 Å². The molecule has 0 aliphatic carbocycles. The molecule has 156 valence electrons. The largest absolute Gasteiger partial charge is 0.486 e. The minimum absolute atomic E-state index is 0.0583. The van der Waals surface area contributed by atoms with Crippen molar-refractivity contribution in [3.63, 3.8) is 0 Å². The van der Waals surface area contributed by atoms with Gasteiger partial charge in [-0.25, -0.2) is 13.8 Å². The van der Waals surface area contributed by atoms with Crippen LogP contribution in [-0.2, 0) is 6.54 Å². The average Bonchev–Trinajstić information content (AvgIpc) is 2.74. The Labute approximate surface area is 173 Å². The number of allylic oxidation sites excluding steroid dienone is 1. The van der Waals surface area contributed by atoms with Gasteiger partial charge in [-0.2, -0.15) is 0 Å². The van der Waals surface area contributed by atoms with Crippen LogP contribution in [-0.4, -0.2) is 28.2 Å². The molecule has 3 heterocycles. The molecule has 1 aliphatic rings. The third kappa shape index (κ3) is 4.89. The van der Waals surface area contributed by atoms with Crippen LogP contribution in [0, 0.1) is 18.6 Å². The normalized spacial score (nSPS) is 11.9. The highest BCUT2D eigenvalue weighted by atomic mass is 19.1. The summed E-state index contributed by atoms with van der Waals surface area (Å²) >= 11 is 0. The number of rotatable bonds is 4. The van der Waals surface area contributed by atoms with Gasteiger partial charge in [0.15, 0.2) is 11.5 Å². The van der Waals surface area contributed by atoms with Gasteiger partial charge in [-0.15, -0.1) is 6.58 Å². The first-order chi connectivity index (χ1) is 14.5. The number of benzene rings is 1.